The minimum Gasteiger partial charge on any atom is -0.399 e. The van der Waals surface area contributed by atoms with E-state index < -0.39 is 0 Å². The molecule has 1 aliphatic rings. The molecule has 0 amide bonds. The van der Waals surface area contributed by atoms with Gasteiger partial charge in [0.15, 0.2) is 5.78 Å². The van der Waals surface area contributed by atoms with E-state index in [0.717, 1.165) is 33.4 Å². The Morgan fingerprint density at radius 1 is 1.00 bits per heavy atom. The zero-order valence-electron chi connectivity index (χ0n) is 11.1. The first-order valence-corrected chi connectivity index (χ1v) is 6.25. The lowest BCUT2D eigenvalue weighted by Crippen LogP contribution is -2.16. The summed E-state index contributed by atoms with van der Waals surface area (Å²) < 4.78 is 0. The van der Waals surface area contributed by atoms with Crippen molar-refractivity contribution in [2.45, 2.75) is 13.8 Å². The first kappa shape index (κ1) is 11.7. The molecule has 19 heavy (non-hydrogen) atoms. The number of aryl methyl sites for hydroxylation is 2. The van der Waals surface area contributed by atoms with Gasteiger partial charge in [-0.1, -0.05) is 24.8 Å². The molecule has 3 rings (SSSR count). The molecular formula is C17H15NO. The monoisotopic (exact) mass is 249 g/mol. The third kappa shape index (κ3) is 1.53. The van der Waals surface area contributed by atoms with Crippen molar-refractivity contribution in [3.8, 4) is 0 Å². The van der Waals surface area contributed by atoms with Crippen LogP contribution in [0, 0.1) is 13.8 Å². The summed E-state index contributed by atoms with van der Waals surface area (Å²) in [5, 5.41) is 0. The minimum absolute atomic E-state index is 0.0384. The Balaban J connectivity index is 2.40. The smallest absolute Gasteiger partial charge is 0.194 e. The van der Waals surface area contributed by atoms with Crippen LogP contribution in [0.4, 0.5) is 5.69 Å². The molecule has 2 nitrogen and oxygen atoms in total. The Labute approximate surface area is 112 Å². The fourth-order valence-corrected chi connectivity index (χ4v) is 2.92. The van der Waals surface area contributed by atoms with Gasteiger partial charge in [-0.3, -0.25) is 4.79 Å². The standard InChI is InChI=1S/C17H15NO/c1-9-5-4-6-13-15(9)11(3)16-10(2)7-12(18)8-14(16)17(13)19/h4-8H,3,18H2,1-2H3. The van der Waals surface area contributed by atoms with Gasteiger partial charge in [0, 0.05) is 16.8 Å². The van der Waals surface area contributed by atoms with Crippen LogP contribution in [0.1, 0.15) is 38.2 Å². The molecule has 0 spiro atoms. The zero-order valence-corrected chi connectivity index (χ0v) is 11.1. The summed E-state index contributed by atoms with van der Waals surface area (Å²) in [5.41, 5.74) is 12.8. The molecule has 0 aromatic heterocycles. The van der Waals surface area contributed by atoms with Gasteiger partial charge in [0.1, 0.15) is 0 Å². The number of carbonyl (C=O) groups excluding carboxylic acids is 1. The van der Waals surface area contributed by atoms with Gasteiger partial charge in [0.05, 0.1) is 0 Å². The van der Waals surface area contributed by atoms with Crippen LogP contribution < -0.4 is 5.73 Å². The SMILES string of the molecule is C=C1c2c(C)cccc2C(=O)c2cc(N)cc(C)c21. The van der Waals surface area contributed by atoms with Crippen molar-refractivity contribution in [2.24, 2.45) is 0 Å². The summed E-state index contributed by atoms with van der Waals surface area (Å²) in [5.74, 6) is 0.0384. The molecule has 0 aliphatic heterocycles. The molecule has 1 aliphatic carbocycles. The maximum atomic E-state index is 12.6. The Hall–Kier alpha value is -2.35. The van der Waals surface area contributed by atoms with Crippen LogP contribution in [0.3, 0.4) is 0 Å². The molecule has 0 unspecified atom stereocenters. The number of nitrogens with two attached hydrogens (primary N) is 1. The molecule has 0 atom stereocenters. The summed E-state index contributed by atoms with van der Waals surface area (Å²) >= 11 is 0. The van der Waals surface area contributed by atoms with Gasteiger partial charge in [-0.15, -0.1) is 0 Å². The predicted octanol–water partition coefficient (Wildman–Crippen LogP) is 3.49. The van der Waals surface area contributed by atoms with Gasteiger partial charge in [0.25, 0.3) is 0 Å². The van der Waals surface area contributed by atoms with Gasteiger partial charge in [0.2, 0.25) is 0 Å². The second kappa shape index (κ2) is 3.82. The number of nitrogen functional groups attached to an aromatic ring is 1. The highest BCUT2D eigenvalue weighted by Gasteiger charge is 2.28. The van der Waals surface area contributed by atoms with E-state index in [2.05, 4.69) is 6.58 Å². The quantitative estimate of drug-likeness (QED) is 0.620. The van der Waals surface area contributed by atoms with Gasteiger partial charge in [-0.25, -0.2) is 0 Å². The number of benzene rings is 2. The van der Waals surface area contributed by atoms with Crippen LogP contribution in [0.2, 0.25) is 0 Å². The fourth-order valence-electron chi connectivity index (χ4n) is 2.92. The summed E-state index contributed by atoms with van der Waals surface area (Å²) in [6.45, 7) is 8.17. The first-order valence-electron chi connectivity index (χ1n) is 6.25. The van der Waals surface area contributed by atoms with E-state index in [1.54, 1.807) is 6.07 Å². The zero-order chi connectivity index (χ0) is 13.7. The maximum absolute atomic E-state index is 12.6. The van der Waals surface area contributed by atoms with Crippen molar-refractivity contribution >= 4 is 17.0 Å². The molecule has 2 N–H and O–H groups in total. The van der Waals surface area contributed by atoms with Crippen molar-refractivity contribution in [3.05, 3.63) is 70.3 Å². The second-order valence-electron chi connectivity index (χ2n) is 5.07. The molecular weight excluding hydrogens is 234 g/mol. The van der Waals surface area contributed by atoms with E-state index in [1.807, 2.05) is 38.1 Å². The summed E-state index contributed by atoms with van der Waals surface area (Å²) in [6, 6.07) is 9.41. The largest absolute Gasteiger partial charge is 0.399 e. The fraction of sp³-hybridized carbons (Fsp3) is 0.118. The van der Waals surface area contributed by atoms with Crippen LogP contribution in [-0.2, 0) is 0 Å². The van der Waals surface area contributed by atoms with Crippen LogP contribution >= 0.6 is 0 Å². The molecule has 2 heteroatoms. The van der Waals surface area contributed by atoms with Gasteiger partial charge >= 0.3 is 0 Å². The molecule has 0 radical (unpaired) electrons. The summed E-state index contributed by atoms with van der Waals surface area (Å²) in [6.07, 6.45) is 0. The van der Waals surface area contributed by atoms with Crippen molar-refractivity contribution in [3.63, 3.8) is 0 Å². The molecule has 0 saturated heterocycles. The van der Waals surface area contributed by atoms with Gasteiger partial charge < -0.3 is 5.73 Å². The average molecular weight is 249 g/mol. The average Bonchev–Trinajstić information content (AvgIpc) is 2.34. The van der Waals surface area contributed by atoms with E-state index in [-0.39, 0.29) is 5.78 Å². The Morgan fingerprint density at radius 2 is 1.68 bits per heavy atom. The second-order valence-corrected chi connectivity index (χ2v) is 5.07. The Morgan fingerprint density at radius 3 is 2.42 bits per heavy atom. The van der Waals surface area contributed by atoms with Crippen molar-refractivity contribution < 1.29 is 4.79 Å². The van der Waals surface area contributed by atoms with E-state index in [1.165, 1.54) is 0 Å². The lowest BCUT2D eigenvalue weighted by Gasteiger charge is -2.24. The van der Waals surface area contributed by atoms with Crippen LogP contribution in [0.15, 0.2) is 36.9 Å². The van der Waals surface area contributed by atoms with Crippen molar-refractivity contribution in [1.82, 2.24) is 0 Å². The van der Waals surface area contributed by atoms with Crippen molar-refractivity contribution in [1.29, 1.82) is 0 Å². The van der Waals surface area contributed by atoms with Crippen LogP contribution in [0.25, 0.3) is 5.57 Å². The topological polar surface area (TPSA) is 43.1 Å². The number of carbonyl (C=O) groups is 1. The van der Waals surface area contributed by atoms with Crippen LogP contribution in [0.5, 0.6) is 0 Å². The molecule has 0 heterocycles. The number of rotatable bonds is 0. The lowest BCUT2D eigenvalue weighted by molar-refractivity contribution is 0.103. The maximum Gasteiger partial charge on any atom is 0.194 e. The first-order chi connectivity index (χ1) is 9.00. The molecule has 0 bridgehead atoms. The number of anilines is 1. The summed E-state index contributed by atoms with van der Waals surface area (Å²) in [7, 11) is 0. The Bertz CT molecular complexity index is 741. The molecule has 0 saturated carbocycles. The normalized spacial score (nSPS) is 13.2. The highest BCUT2D eigenvalue weighted by molar-refractivity contribution is 6.19. The highest BCUT2D eigenvalue weighted by atomic mass is 16.1. The lowest BCUT2D eigenvalue weighted by atomic mass is 9.78. The van der Waals surface area contributed by atoms with Gasteiger partial charge in [-0.05, 0) is 53.8 Å². The minimum atomic E-state index is 0.0384. The van der Waals surface area contributed by atoms with Gasteiger partial charge in [-0.2, -0.15) is 0 Å². The van der Waals surface area contributed by atoms with E-state index in [9.17, 15) is 4.79 Å². The van der Waals surface area contributed by atoms with E-state index in [0.29, 0.717) is 11.3 Å². The number of hydrogen-bond donors (Lipinski definition) is 1. The molecule has 94 valence electrons. The van der Waals surface area contributed by atoms with Crippen LogP contribution in [-0.4, -0.2) is 5.78 Å². The van der Waals surface area contributed by atoms with Crippen molar-refractivity contribution in [2.75, 3.05) is 5.73 Å². The predicted molar refractivity (Wildman–Crippen MR) is 78.3 cm³/mol. The third-order valence-electron chi connectivity index (χ3n) is 3.72. The summed E-state index contributed by atoms with van der Waals surface area (Å²) in [4.78, 5) is 12.6. The molecule has 0 fully saturated rings. The molecule has 2 aromatic carbocycles. The highest BCUT2D eigenvalue weighted by Crippen LogP contribution is 2.39. The Kier molecular flexibility index (Phi) is 2.36. The van der Waals surface area contributed by atoms with E-state index >= 15 is 0 Å². The number of ketones is 1. The number of hydrogen-bond acceptors (Lipinski definition) is 2. The molecule has 2 aromatic rings. The third-order valence-corrected chi connectivity index (χ3v) is 3.72. The van der Waals surface area contributed by atoms with E-state index in [4.69, 9.17) is 5.73 Å². The number of fused-ring (bicyclic) bond motifs is 2.